The molecule has 1 amide bonds. The van der Waals surface area contributed by atoms with Gasteiger partial charge in [0.15, 0.2) is 10.8 Å². The molecule has 1 aliphatic rings. The van der Waals surface area contributed by atoms with Crippen molar-refractivity contribution in [3.8, 4) is 0 Å². The Morgan fingerprint density at radius 1 is 1.39 bits per heavy atom. The number of thiocarbonyl (C=S) groups is 1. The molecule has 0 unspecified atom stereocenters. The molecule has 1 aromatic heterocycles. The number of hydrazine groups is 1. The van der Waals surface area contributed by atoms with E-state index in [4.69, 9.17) is 17.0 Å². The van der Waals surface area contributed by atoms with Gasteiger partial charge in [0, 0.05) is 25.8 Å². The van der Waals surface area contributed by atoms with Crippen LogP contribution in [-0.2, 0) is 4.74 Å². The first-order valence-electron chi connectivity index (χ1n) is 8.11. The second-order valence-corrected chi connectivity index (χ2v) is 6.51. The highest BCUT2D eigenvalue weighted by Gasteiger charge is 2.64. The number of hydrogen-bond acceptors (Lipinski definition) is 5. The molecule has 0 saturated heterocycles. The van der Waals surface area contributed by atoms with Crippen LogP contribution >= 0.6 is 12.2 Å². The summed E-state index contributed by atoms with van der Waals surface area (Å²) in [5.74, 6) is -5.98. The van der Waals surface area contributed by atoms with Gasteiger partial charge in [0.1, 0.15) is 11.9 Å². The monoisotopic (exact) mass is 430 g/mol. The zero-order chi connectivity index (χ0) is 21.1. The number of methoxy groups -OCH3 is 1. The Morgan fingerprint density at radius 3 is 2.68 bits per heavy atom. The van der Waals surface area contributed by atoms with Gasteiger partial charge in [-0.1, -0.05) is 0 Å². The molecule has 4 N–H and O–H groups in total. The Bertz CT molecular complexity index is 726. The van der Waals surface area contributed by atoms with Crippen LogP contribution in [0.4, 0.5) is 27.8 Å². The number of alkyl halides is 5. The lowest BCUT2D eigenvalue weighted by molar-refractivity contribution is -0.301. The van der Waals surface area contributed by atoms with Crippen molar-refractivity contribution in [3.63, 3.8) is 0 Å². The first kappa shape index (κ1) is 22.1. The molecule has 2 atom stereocenters. The minimum absolute atomic E-state index is 0.0580. The van der Waals surface area contributed by atoms with Gasteiger partial charge in [-0.2, -0.15) is 27.1 Å². The van der Waals surface area contributed by atoms with Gasteiger partial charge in [-0.25, -0.2) is 4.68 Å². The molecule has 2 heterocycles. The predicted octanol–water partition coefficient (Wildman–Crippen LogP) is 1.58. The molecular formula is C14H19F5N6O2S. The van der Waals surface area contributed by atoms with Crippen LogP contribution in [0.2, 0.25) is 0 Å². The minimum Gasteiger partial charge on any atom is -0.383 e. The van der Waals surface area contributed by atoms with Gasteiger partial charge in [0.05, 0.1) is 6.61 Å². The van der Waals surface area contributed by atoms with Gasteiger partial charge in [0.2, 0.25) is 0 Å². The smallest absolute Gasteiger partial charge is 0.383 e. The van der Waals surface area contributed by atoms with Crippen molar-refractivity contribution in [2.75, 3.05) is 25.6 Å². The molecule has 0 bridgehead atoms. The summed E-state index contributed by atoms with van der Waals surface area (Å²) in [7, 11) is 1.49. The molecule has 1 aliphatic heterocycles. The molecule has 0 aliphatic carbocycles. The number of fused-ring (bicyclic) bond motifs is 1. The molecule has 1 aromatic rings. The van der Waals surface area contributed by atoms with E-state index in [1.165, 1.54) is 14.0 Å². The fourth-order valence-electron chi connectivity index (χ4n) is 2.58. The topological polar surface area (TPSA) is 92.2 Å². The summed E-state index contributed by atoms with van der Waals surface area (Å²) in [4.78, 5) is 12.1. The summed E-state index contributed by atoms with van der Waals surface area (Å²) in [6.45, 7) is 2.19. The fourth-order valence-corrected chi connectivity index (χ4v) is 2.73. The van der Waals surface area contributed by atoms with E-state index in [1.54, 1.807) is 0 Å². The number of nitrogens with zero attached hydrogens (tertiary/aromatic N) is 2. The molecule has 0 aromatic carbocycles. The molecular weight excluding hydrogens is 411 g/mol. The van der Waals surface area contributed by atoms with E-state index >= 15 is 0 Å². The van der Waals surface area contributed by atoms with E-state index in [1.807, 2.05) is 0 Å². The summed E-state index contributed by atoms with van der Waals surface area (Å²) in [5, 5.41) is 9.14. The largest absolute Gasteiger partial charge is 0.455 e. The normalized spacial score (nSPS) is 19.4. The van der Waals surface area contributed by atoms with E-state index in [0.29, 0.717) is 17.8 Å². The summed E-state index contributed by atoms with van der Waals surface area (Å²) in [6.07, 6.45) is -6.27. The van der Waals surface area contributed by atoms with Crippen LogP contribution in [0.5, 0.6) is 0 Å². The number of carbonyl (C=O) groups is 1. The molecule has 0 fully saturated rings. The number of halogens is 5. The second-order valence-electron chi connectivity index (χ2n) is 6.10. The lowest BCUT2D eigenvalue weighted by atomic mass is 9.99. The van der Waals surface area contributed by atoms with Gasteiger partial charge in [-0.15, -0.1) is 0 Å². The van der Waals surface area contributed by atoms with Gasteiger partial charge < -0.3 is 15.4 Å². The number of ether oxygens (including phenoxy) is 1. The van der Waals surface area contributed by atoms with Crippen molar-refractivity contribution >= 4 is 29.1 Å². The molecule has 0 spiro atoms. The highest BCUT2D eigenvalue weighted by molar-refractivity contribution is 7.80. The van der Waals surface area contributed by atoms with Gasteiger partial charge in [-0.3, -0.25) is 15.6 Å². The molecule has 0 radical (unpaired) electrons. The van der Waals surface area contributed by atoms with Crippen LogP contribution in [0.15, 0.2) is 6.07 Å². The first-order valence-corrected chi connectivity index (χ1v) is 8.52. The van der Waals surface area contributed by atoms with Gasteiger partial charge >= 0.3 is 12.1 Å². The second kappa shape index (κ2) is 8.43. The number of rotatable bonds is 5. The van der Waals surface area contributed by atoms with E-state index in [-0.39, 0.29) is 16.6 Å². The average molecular weight is 430 g/mol. The maximum atomic E-state index is 13.9. The minimum atomic E-state index is -5.75. The highest BCUT2D eigenvalue weighted by Crippen LogP contribution is 2.47. The number of nitrogens with one attached hydrogen (secondary N) is 4. The molecule has 14 heteroatoms. The lowest BCUT2D eigenvalue weighted by Crippen LogP contribution is -2.49. The maximum Gasteiger partial charge on any atom is 0.455 e. The molecule has 158 valence electrons. The number of amides is 1. The number of hydrogen-bond donors (Lipinski definition) is 4. The number of carbonyl (C=O) groups excluding carboxylic acids is 1. The van der Waals surface area contributed by atoms with E-state index < -0.39 is 36.5 Å². The van der Waals surface area contributed by atoms with Gasteiger partial charge in [0.25, 0.3) is 5.91 Å². The van der Waals surface area contributed by atoms with Crippen molar-refractivity contribution in [1.29, 1.82) is 0 Å². The Morgan fingerprint density at radius 2 is 2.07 bits per heavy atom. The third kappa shape index (κ3) is 4.79. The van der Waals surface area contributed by atoms with Crippen molar-refractivity contribution in [2.24, 2.45) is 0 Å². The van der Waals surface area contributed by atoms with Crippen molar-refractivity contribution < 1.29 is 31.5 Å². The molecule has 28 heavy (non-hydrogen) atoms. The van der Waals surface area contributed by atoms with Crippen LogP contribution in [0.25, 0.3) is 0 Å². The lowest BCUT2D eigenvalue weighted by Gasteiger charge is -2.35. The zero-order valence-corrected chi connectivity index (χ0v) is 15.7. The summed E-state index contributed by atoms with van der Waals surface area (Å²) < 4.78 is 71.6. The van der Waals surface area contributed by atoms with Gasteiger partial charge in [-0.05, 0) is 25.6 Å². The van der Waals surface area contributed by atoms with E-state index in [2.05, 4.69) is 26.6 Å². The zero-order valence-electron chi connectivity index (χ0n) is 14.9. The fraction of sp³-hybridized carbons (Fsp3) is 0.643. The number of aromatic nitrogens is 2. The molecule has 0 saturated carbocycles. The van der Waals surface area contributed by atoms with Crippen molar-refractivity contribution in [3.05, 3.63) is 11.8 Å². The SMILES string of the molecule is COCCNC(=S)NNC(=O)c1cc2n(n1)[C@@H](C(F)(F)C(F)(F)F)C[C@H](C)N2. The van der Waals surface area contributed by atoms with Crippen LogP contribution < -0.4 is 21.5 Å². The maximum absolute atomic E-state index is 13.9. The third-order valence-corrected chi connectivity index (χ3v) is 4.16. The van der Waals surface area contributed by atoms with E-state index in [9.17, 15) is 26.7 Å². The van der Waals surface area contributed by atoms with Crippen LogP contribution in [0.1, 0.15) is 29.9 Å². The Labute approximate surface area is 162 Å². The highest BCUT2D eigenvalue weighted by atomic mass is 32.1. The molecule has 8 nitrogen and oxygen atoms in total. The van der Waals surface area contributed by atoms with Crippen LogP contribution in [-0.4, -0.2) is 59.2 Å². The first-order chi connectivity index (χ1) is 13.0. The summed E-state index contributed by atoms with van der Waals surface area (Å²) in [5.41, 5.74) is 4.19. The van der Waals surface area contributed by atoms with Crippen LogP contribution in [0, 0.1) is 0 Å². The third-order valence-electron chi connectivity index (χ3n) is 3.91. The summed E-state index contributed by atoms with van der Waals surface area (Å²) >= 11 is 4.89. The Kier molecular flexibility index (Phi) is 6.64. The number of anilines is 1. The molecule has 2 rings (SSSR count). The Hall–Kier alpha value is -2.22. The predicted molar refractivity (Wildman–Crippen MR) is 93.0 cm³/mol. The van der Waals surface area contributed by atoms with E-state index in [0.717, 1.165) is 6.07 Å². The van der Waals surface area contributed by atoms with Crippen molar-refractivity contribution in [2.45, 2.75) is 37.5 Å². The standard InChI is InChI=1S/C14H19F5N6O2S/c1-7-5-9(13(15,16)14(17,18)19)25-10(21-7)6-8(24-25)11(26)22-23-12(28)20-3-4-27-2/h6-7,9,21H,3-5H2,1-2H3,(H,22,26)(H2,20,23,28)/t7-,9+/m0/s1. The summed E-state index contributed by atoms with van der Waals surface area (Å²) in [6, 6.07) is -1.85. The quantitative estimate of drug-likeness (QED) is 0.244. The Balaban J connectivity index is 2.13. The average Bonchev–Trinajstić information content (AvgIpc) is 3.01. The van der Waals surface area contributed by atoms with Crippen LogP contribution in [0.3, 0.4) is 0 Å². The van der Waals surface area contributed by atoms with Crippen molar-refractivity contribution in [1.82, 2.24) is 25.9 Å².